The number of benzene rings is 1. The quantitative estimate of drug-likeness (QED) is 0.569. The van der Waals surface area contributed by atoms with Gasteiger partial charge in [-0.15, -0.1) is 5.11 Å². The second kappa shape index (κ2) is 7.66. The fourth-order valence-electron chi connectivity index (χ4n) is 2.55. The Morgan fingerprint density at radius 1 is 1.04 bits per heavy atom. The van der Waals surface area contributed by atoms with E-state index in [4.69, 9.17) is 0 Å². The molecular weight excluding hydrogens is 300 g/mol. The van der Waals surface area contributed by atoms with Gasteiger partial charge in [-0.25, -0.2) is 0 Å². The molecule has 1 aromatic rings. The first kappa shape index (κ1) is 18.3. The Morgan fingerprint density at radius 2 is 1.62 bits per heavy atom. The molecule has 0 radical (unpaired) electrons. The molecule has 1 aliphatic heterocycles. The lowest BCUT2D eigenvalue weighted by Crippen LogP contribution is -2.42. The van der Waals surface area contributed by atoms with Crippen LogP contribution in [0.15, 0.2) is 46.9 Å². The molecule has 0 saturated heterocycles. The molecular formula is C18H31N6+. The largest absolute Gasteiger partial charge is 0.366 e. The molecule has 6 nitrogen and oxygen atoms in total. The summed E-state index contributed by atoms with van der Waals surface area (Å²) in [6.07, 6.45) is 3.95. The van der Waals surface area contributed by atoms with Gasteiger partial charge in [0.1, 0.15) is 0 Å². The van der Waals surface area contributed by atoms with Gasteiger partial charge < -0.3 is 19.2 Å². The van der Waals surface area contributed by atoms with Crippen LogP contribution in [0.5, 0.6) is 0 Å². The highest BCUT2D eigenvalue weighted by molar-refractivity contribution is 5.52. The summed E-state index contributed by atoms with van der Waals surface area (Å²) in [6, 6.07) is 8.34. The number of rotatable bonds is 7. The maximum Gasteiger partial charge on any atom is 0.217 e. The summed E-state index contributed by atoms with van der Waals surface area (Å²) in [7, 11) is 10.7. The molecule has 0 fully saturated rings. The maximum atomic E-state index is 4.42. The molecule has 132 valence electrons. The van der Waals surface area contributed by atoms with Crippen molar-refractivity contribution in [3.63, 3.8) is 0 Å². The standard InChI is InChI=1S/C18H31N6/c1-7-23(14-15-24(4,5)6)17-10-8-16(9-11-17)19-20-18-21(2)12-13-22(18)3/h8-13,18H,7,14-15H2,1-6H3/q+1. The number of azo groups is 1. The molecule has 0 unspecified atom stereocenters. The summed E-state index contributed by atoms with van der Waals surface area (Å²) in [5.41, 5.74) is 2.12. The molecule has 0 saturated carbocycles. The molecule has 6 heteroatoms. The van der Waals surface area contributed by atoms with E-state index in [1.807, 2.05) is 48.4 Å². The van der Waals surface area contributed by atoms with Gasteiger partial charge in [-0.05, 0) is 31.2 Å². The van der Waals surface area contributed by atoms with Crippen LogP contribution in [0.25, 0.3) is 0 Å². The lowest BCUT2D eigenvalue weighted by atomic mass is 10.2. The van der Waals surface area contributed by atoms with Gasteiger partial charge in [0.2, 0.25) is 6.29 Å². The van der Waals surface area contributed by atoms with E-state index in [1.54, 1.807) is 0 Å². The molecule has 0 atom stereocenters. The van der Waals surface area contributed by atoms with Crippen molar-refractivity contribution >= 4 is 11.4 Å². The van der Waals surface area contributed by atoms with Crippen LogP contribution in [0.4, 0.5) is 11.4 Å². The van der Waals surface area contributed by atoms with Gasteiger partial charge in [-0.3, -0.25) is 0 Å². The Balaban J connectivity index is 1.99. The third-order valence-corrected chi connectivity index (χ3v) is 4.18. The fourth-order valence-corrected chi connectivity index (χ4v) is 2.55. The van der Waals surface area contributed by atoms with Gasteiger partial charge in [0.05, 0.1) is 39.9 Å². The van der Waals surface area contributed by atoms with Crippen molar-refractivity contribution in [2.45, 2.75) is 13.2 Å². The first-order chi connectivity index (χ1) is 11.3. The zero-order chi connectivity index (χ0) is 17.7. The van der Waals surface area contributed by atoms with Crippen molar-refractivity contribution < 1.29 is 4.48 Å². The molecule has 24 heavy (non-hydrogen) atoms. The summed E-state index contributed by atoms with van der Waals surface area (Å²) >= 11 is 0. The van der Waals surface area contributed by atoms with Gasteiger partial charge >= 0.3 is 0 Å². The number of nitrogens with zero attached hydrogens (tertiary/aromatic N) is 6. The van der Waals surface area contributed by atoms with Crippen molar-refractivity contribution in [2.75, 3.05) is 59.8 Å². The van der Waals surface area contributed by atoms with Crippen LogP contribution in [0.3, 0.4) is 0 Å². The second-order valence-corrected chi connectivity index (χ2v) is 7.30. The van der Waals surface area contributed by atoms with Crippen molar-refractivity contribution in [1.29, 1.82) is 0 Å². The molecule has 0 aliphatic carbocycles. The minimum atomic E-state index is -0.0543. The van der Waals surface area contributed by atoms with E-state index in [0.29, 0.717) is 0 Å². The fraction of sp³-hybridized carbons (Fsp3) is 0.556. The van der Waals surface area contributed by atoms with Crippen LogP contribution in [-0.2, 0) is 0 Å². The summed E-state index contributed by atoms with van der Waals surface area (Å²) in [5.74, 6) is 0. The van der Waals surface area contributed by atoms with E-state index in [2.05, 4.69) is 55.3 Å². The van der Waals surface area contributed by atoms with E-state index in [-0.39, 0.29) is 6.29 Å². The van der Waals surface area contributed by atoms with Crippen LogP contribution in [-0.4, -0.2) is 75.4 Å². The van der Waals surface area contributed by atoms with Crippen molar-refractivity contribution in [2.24, 2.45) is 10.2 Å². The zero-order valence-electron chi connectivity index (χ0n) is 15.8. The predicted octanol–water partition coefficient (Wildman–Crippen LogP) is 2.93. The van der Waals surface area contributed by atoms with Gasteiger partial charge in [-0.1, -0.05) is 0 Å². The monoisotopic (exact) mass is 331 g/mol. The zero-order valence-corrected chi connectivity index (χ0v) is 15.8. The molecule has 1 aliphatic rings. The van der Waals surface area contributed by atoms with Crippen molar-refractivity contribution in [3.8, 4) is 0 Å². The minimum Gasteiger partial charge on any atom is -0.366 e. The van der Waals surface area contributed by atoms with Gasteiger partial charge in [0.25, 0.3) is 0 Å². The Hall–Kier alpha value is -2.08. The average molecular weight is 331 g/mol. The summed E-state index contributed by atoms with van der Waals surface area (Å²) < 4.78 is 0.971. The van der Waals surface area contributed by atoms with Crippen LogP contribution >= 0.6 is 0 Å². The van der Waals surface area contributed by atoms with Crippen LogP contribution < -0.4 is 4.90 Å². The predicted molar refractivity (Wildman–Crippen MR) is 100 cm³/mol. The SMILES string of the molecule is CCN(CC[N+](C)(C)C)c1ccc(N=NC2N(C)C=CN2C)cc1. The van der Waals surface area contributed by atoms with Gasteiger partial charge in [-0.2, -0.15) is 5.11 Å². The Labute approximate surface area is 146 Å². The average Bonchev–Trinajstić information content (AvgIpc) is 2.85. The third kappa shape index (κ3) is 4.96. The number of quaternary nitrogens is 1. The number of likely N-dealkylation sites (N-methyl/N-ethyl adjacent to an activating group) is 2. The van der Waals surface area contributed by atoms with E-state index in [9.17, 15) is 0 Å². The smallest absolute Gasteiger partial charge is 0.217 e. The van der Waals surface area contributed by atoms with E-state index in [0.717, 1.165) is 29.8 Å². The highest BCUT2D eigenvalue weighted by atomic mass is 15.5. The molecule has 1 heterocycles. The van der Waals surface area contributed by atoms with E-state index < -0.39 is 0 Å². The van der Waals surface area contributed by atoms with Crippen LogP contribution in [0.1, 0.15) is 6.92 Å². The van der Waals surface area contributed by atoms with E-state index in [1.165, 1.54) is 5.69 Å². The number of anilines is 1. The normalized spacial score (nSPS) is 15.8. The lowest BCUT2D eigenvalue weighted by molar-refractivity contribution is -0.868. The summed E-state index contributed by atoms with van der Waals surface area (Å²) in [5, 5.41) is 8.80. The summed E-state index contributed by atoms with van der Waals surface area (Å²) in [4.78, 5) is 6.45. The molecule has 0 spiro atoms. The van der Waals surface area contributed by atoms with Gasteiger partial charge in [0.15, 0.2) is 0 Å². The van der Waals surface area contributed by atoms with Crippen LogP contribution in [0.2, 0.25) is 0 Å². The molecule has 0 aromatic heterocycles. The summed E-state index contributed by atoms with van der Waals surface area (Å²) in [6.45, 7) is 5.36. The topological polar surface area (TPSA) is 34.4 Å². The van der Waals surface area contributed by atoms with E-state index >= 15 is 0 Å². The molecule has 0 amide bonds. The molecule has 0 N–H and O–H groups in total. The number of hydrogen-bond acceptors (Lipinski definition) is 5. The molecule has 2 rings (SSSR count). The Kier molecular flexibility index (Phi) is 5.83. The third-order valence-electron chi connectivity index (χ3n) is 4.18. The first-order valence-electron chi connectivity index (χ1n) is 8.48. The number of hydrogen-bond donors (Lipinski definition) is 0. The molecule has 0 bridgehead atoms. The maximum absolute atomic E-state index is 4.42. The minimum absolute atomic E-state index is 0.0543. The highest BCUT2D eigenvalue weighted by Gasteiger charge is 2.19. The lowest BCUT2D eigenvalue weighted by Gasteiger charge is -2.29. The highest BCUT2D eigenvalue weighted by Crippen LogP contribution is 2.22. The van der Waals surface area contributed by atoms with Gasteiger partial charge in [0, 0.05) is 38.7 Å². The first-order valence-corrected chi connectivity index (χ1v) is 8.48. The van der Waals surface area contributed by atoms with Crippen molar-refractivity contribution in [1.82, 2.24) is 9.80 Å². The Morgan fingerprint density at radius 3 is 2.12 bits per heavy atom. The second-order valence-electron chi connectivity index (χ2n) is 7.30. The van der Waals surface area contributed by atoms with Crippen LogP contribution in [0, 0.1) is 0 Å². The Bertz CT molecular complexity index is 560. The van der Waals surface area contributed by atoms with Crippen molar-refractivity contribution in [3.05, 3.63) is 36.7 Å². The molecule has 1 aromatic carbocycles.